The highest BCUT2D eigenvalue weighted by atomic mass is 32.2. The molecule has 3 N–H and O–H groups in total. The average Bonchev–Trinajstić information content (AvgIpc) is 3.01. The van der Waals surface area contributed by atoms with Gasteiger partial charge in [0.05, 0.1) is 11.3 Å². The average molecular weight is 414 g/mol. The van der Waals surface area contributed by atoms with Crippen molar-refractivity contribution in [2.45, 2.75) is 38.9 Å². The Bertz CT molecular complexity index is 1120. The van der Waals surface area contributed by atoms with Crippen LogP contribution in [0, 0.1) is 6.92 Å². The van der Waals surface area contributed by atoms with Crippen LogP contribution in [0.25, 0.3) is 11.0 Å². The third-order valence-corrected chi connectivity index (χ3v) is 5.08. The first-order valence-corrected chi connectivity index (χ1v) is 10.2. The van der Waals surface area contributed by atoms with E-state index in [-0.39, 0.29) is 29.2 Å². The Morgan fingerprint density at radius 2 is 1.79 bits per heavy atom. The van der Waals surface area contributed by atoms with Crippen molar-refractivity contribution in [3.63, 3.8) is 0 Å². The van der Waals surface area contributed by atoms with Gasteiger partial charge in [-0.3, -0.25) is 19.0 Å². The van der Waals surface area contributed by atoms with Crippen LogP contribution in [0.15, 0.2) is 40.3 Å². The lowest BCUT2D eigenvalue weighted by molar-refractivity contribution is -0.114. The second-order valence-electron chi connectivity index (χ2n) is 6.97. The van der Waals surface area contributed by atoms with Crippen LogP contribution in [0.4, 0.5) is 11.4 Å². The molecule has 8 nitrogen and oxygen atoms in total. The van der Waals surface area contributed by atoms with Crippen molar-refractivity contribution in [2.75, 3.05) is 16.4 Å². The van der Waals surface area contributed by atoms with Crippen LogP contribution in [-0.2, 0) is 9.59 Å². The predicted molar refractivity (Wildman–Crippen MR) is 116 cm³/mol. The zero-order valence-electron chi connectivity index (χ0n) is 16.7. The molecule has 2 heterocycles. The van der Waals surface area contributed by atoms with E-state index in [0.29, 0.717) is 27.6 Å². The molecule has 0 atom stereocenters. The summed E-state index contributed by atoms with van der Waals surface area (Å²) in [5.41, 5.74) is 3.07. The van der Waals surface area contributed by atoms with Gasteiger partial charge in [0.25, 0.3) is 5.56 Å². The zero-order valence-corrected chi connectivity index (χ0v) is 17.5. The maximum Gasteiger partial charge on any atom is 0.278 e. The maximum atomic E-state index is 12.8. The largest absolute Gasteiger partial charge is 0.353 e. The SMILES string of the molecule is CC(=O)Nc1ccc(NC(=O)CSc2nc3cc(C)[nH]c3c(=O)n2C(C)C)cc1. The monoisotopic (exact) mass is 413 g/mol. The van der Waals surface area contributed by atoms with E-state index in [1.165, 1.54) is 18.7 Å². The van der Waals surface area contributed by atoms with E-state index in [1.807, 2.05) is 26.8 Å². The second-order valence-corrected chi connectivity index (χ2v) is 7.91. The van der Waals surface area contributed by atoms with Crippen LogP contribution in [-0.4, -0.2) is 32.1 Å². The second kappa shape index (κ2) is 8.52. The highest BCUT2D eigenvalue weighted by molar-refractivity contribution is 7.99. The molecule has 0 unspecified atom stereocenters. The van der Waals surface area contributed by atoms with E-state index in [2.05, 4.69) is 20.6 Å². The number of thioether (sulfide) groups is 1. The number of carbonyl (C=O) groups excluding carboxylic acids is 2. The number of hydrogen-bond acceptors (Lipinski definition) is 5. The van der Waals surface area contributed by atoms with Crippen LogP contribution in [0.1, 0.15) is 32.5 Å². The minimum atomic E-state index is -0.211. The molecule has 0 radical (unpaired) electrons. The van der Waals surface area contributed by atoms with E-state index in [9.17, 15) is 14.4 Å². The quantitative estimate of drug-likeness (QED) is 0.424. The number of nitrogens with one attached hydrogen (secondary N) is 3. The lowest BCUT2D eigenvalue weighted by Gasteiger charge is -2.15. The van der Waals surface area contributed by atoms with Crippen molar-refractivity contribution in [3.8, 4) is 0 Å². The molecular formula is C20H23N5O3S. The third kappa shape index (κ3) is 4.86. The van der Waals surface area contributed by atoms with E-state index in [4.69, 9.17) is 0 Å². The van der Waals surface area contributed by atoms with Crippen molar-refractivity contribution in [1.29, 1.82) is 0 Å². The molecule has 9 heteroatoms. The number of H-pyrrole nitrogens is 1. The number of aromatic amines is 1. The predicted octanol–water partition coefficient (Wildman–Crippen LogP) is 3.30. The van der Waals surface area contributed by atoms with E-state index in [0.717, 1.165) is 5.69 Å². The first-order valence-electron chi connectivity index (χ1n) is 9.16. The van der Waals surface area contributed by atoms with E-state index in [1.54, 1.807) is 28.8 Å². The van der Waals surface area contributed by atoms with Gasteiger partial charge < -0.3 is 15.6 Å². The van der Waals surface area contributed by atoms with E-state index >= 15 is 0 Å². The van der Waals surface area contributed by atoms with Gasteiger partial charge in [0.2, 0.25) is 11.8 Å². The van der Waals surface area contributed by atoms with Gasteiger partial charge in [-0.15, -0.1) is 0 Å². The van der Waals surface area contributed by atoms with E-state index < -0.39 is 0 Å². The van der Waals surface area contributed by atoms with Gasteiger partial charge >= 0.3 is 0 Å². The molecule has 2 aromatic heterocycles. The van der Waals surface area contributed by atoms with Gasteiger partial charge in [0, 0.05) is 30.0 Å². The van der Waals surface area contributed by atoms with Crippen LogP contribution in [0.2, 0.25) is 0 Å². The third-order valence-electron chi connectivity index (χ3n) is 4.12. The maximum absolute atomic E-state index is 12.8. The Balaban J connectivity index is 1.72. The van der Waals surface area contributed by atoms with Gasteiger partial charge in [-0.1, -0.05) is 11.8 Å². The van der Waals surface area contributed by atoms with Gasteiger partial charge in [0.1, 0.15) is 5.52 Å². The molecule has 0 spiro atoms. The smallest absolute Gasteiger partial charge is 0.278 e. The summed E-state index contributed by atoms with van der Waals surface area (Å²) in [5.74, 6) is -0.254. The van der Waals surface area contributed by atoms with Crippen molar-refractivity contribution in [1.82, 2.24) is 14.5 Å². The van der Waals surface area contributed by atoms with Crippen molar-refractivity contribution >= 4 is 46.0 Å². The summed E-state index contributed by atoms with van der Waals surface area (Å²) < 4.78 is 1.60. The van der Waals surface area contributed by atoms with Crippen LogP contribution >= 0.6 is 11.8 Å². The number of anilines is 2. The standard InChI is InChI=1S/C20H23N5O3S/c1-11(2)25-19(28)18-16(9-12(3)21-18)24-20(25)29-10-17(27)23-15-7-5-14(6-8-15)22-13(4)26/h5-9,11,21H,10H2,1-4H3,(H,22,26)(H,23,27). The molecule has 0 aliphatic rings. The van der Waals surface area contributed by atoms with Gasteiger partial charge in [-0.2, -0.15) is 0 Å². The lowest BCUT2D eigenvalue weighted by Crippen LogP contribution is -2.25. The summed E-state index contributed by atoms with van der Waals surface area (Å²) in [6.07, 6.45) is 0. The number of hydrogen-bond donors (Lipinski definition) is 3. The Hall–Kier alpha value is -3.07. The number of carbonyl (C=O) groups is 2. The highest BCUT2D eigenvalue weighted by Gasteiger charge is 2.16. The Labute approximate surface area is 172 Å². The summed E-state index contributed by atoms with van der Waals surface area (Å²) in [6.45, 7) is 7.12. The molecule has 0 aliphatic carbocycles. The van der Waals surface area contributed by atoms with Gasteiger partial charge in [0.15, 0.2) is 5.16 Å². The summed E-state index contributed by atoms with van der Waals surface area (Å²) in [5, 5.41) is 5.98. The number of aryl methyl sites for hydroxylation is 1. The number of benzene rings is 1. The molecule has 0 fully saturated rings. The Kier molecular flexibility index (Phi) is 6.07. The molecule has 1 aromatic carbocycles. The molecule has 152 valence electrons. The topological polar surface area (TPSA) is 109 Å². The van der Waals surface area contributed by atoms with Crippen LogP contribution < -0.4 is 16.2 Å². The van der Waals surface area contributed by atoms with Gasteiger partial charge in [-0.05, 0) is 51.1 Å². The normalized spacial score (nSPS) is 11.1. The number of nitrogens with zero attached hydrogens (tertiary/aromatic N) is 2. The molecule has 3 aromatic rings. The Morgan fingerprint density at radius 1 is 1.17 bits per heavy atom. The fourth-order valence-corrected chi connectivity index (χ4v) is 3.84. The lowest BCUT2D eigenvalue weighted by atomic mass is 10.3. The van der Waals surface area contributed by atoms with Gasteiger partial charge in [-0.25, -0.2) is 4.98 Å². The summed E-state index contributed by atoms with van der Waals surface area (Å²) in [4.78, 5) is 43.8. The number of amides is 2. The number of rotatable bonds is 6. The molecule has 3 rings (SSSR count). The summed E-state index contributed by atoms with van der Waals surface area (Å²) in [7, 11) is 0. The Morgan fingerprint density at radius 3 is 2.38 bits per heavy atom. The van der Waals surface area contributed by atoms with Crippen LogP contribution in [0.5, 0.6) is 0 Å². The fourth-order valence-electron chi connectivity index (χ4n) is 2.91. The first-order chi connectivity index (χ1) is 13.7. The van der Waals surface area contributed by atoms with Crippen LogP contribution in [0.3, 0.4) is 0 Å². The molecular weight excluding hydrogens is 390 g/mol. The molecule has 2 amide bonds. The molecule has 0 saturated heterocycles. The summed E-state index contributed by atoms with van der Waals surface area (Å²) >= 11 is 1.22. The summed E-state index contributed by atoms with van der Waals surface area (Å²) in [6, 6.07) is 8.58. The fraction of sp³-hybridized carbons (Fsp3) is 0.300. The number of aromatic nitrogens is 3. The zero-order chi connectivity index (χ0) is 21.1. The minimum absolute atomic E-state index is 0.0881. The van der Waals surface area contributed by atoms with Crippen molar-refractivity contribution in [2.24, 2.45) is 0 Å². The number of fused-ring (bicyclic) bond motifs is 1. The minimum Gasteiger partial charge on any atom is -0.353 e. The van der Waals surface area contributed by atoms with Crippen molar-refractivity contribution < 1.29 is 9.59 Å². The molecule has 0 saturated carbocycles. The first kappa shape index (κ1) is 20.7. The molecule has 0 aliphatic heterocycles. The molecule has 29 heavy (non-hydrogen) atoms. The highest BCUT2D eigenvalue weighted by Crippen LogP contribution is 2.22. The molecule has 0 bridgehead atoms. The van der Waals surface area contributed by atoms with Crippen molar-refractivity contribution in [3.05, 3.63) is 46.4 Å².